The molecule has 0 saturated heterocycles. The van der Waals surface area contributed by atoms with Crippen LogP contribution >= 0.6 is 0 Å². The largest absolute Gasteiger partial charge is 0.493 e. The monoisotopic (exact) mass is 606 g/mol. The molecule has 44 heavy (non-hydrogen) atoms. The highest BCUT2D eigenvalue weighted by Crippen LogP contribution is 2.39. The number of nitrogens with zero attached hydrogens (tertiary/aromatic N) is 3. The molecule has 0 spiro atoms. The van der Waals surface area contributed by atoms with Crippen LogP contribution in [-0.2, 0) is 10.2 Å². The number of hydrogen-bond donors (Lipinski definition) is 1. The SMILES string of the molecule is COc1cc(/C=N/NC(=O)COc2ccc(C(C)(C)CC(C)(C)C)cc2[N+](=O)[O-])ccc1OC(=O)c1ccc([N+](=O)[O-])cc1. The summed E-state index contributed by atoms with van der Waals surface area (Å²) in [6, 6.07) is 14.2. The second-order valence-corrected chi connectivity index (χ2v) is 11.7. The molecule has 13 heteroatoms. The molecule has 1 amide bonds. The van der Waals surface area contributed by atoms with Gasteiger partial charge in [0.25, 0.3) is 11.6 Å². The van der Waals surface area contributed by atoms with Gasteiger partial charge in [0.2, 0.25) is 0 Å². The number of non-ortho nitro benzene ring substituents is 1. The smallest absolute Gasteiger partial charge is 0.343 e. The first-order chi connectivity index (χ1) is 20.6. The van der Waals surface area contributed by atoms with E-state index < -0.39 is 28.3 Å². The van der Waals surface area contributed by atoms with Gasteiger partial charge in [-0.15, -0.1) is 0 Å². The van der Waals surface area contributed by atoms with Crippen molar-refractivity contribution < 1.29 is 33.6 Å². The van der Waals surface area contributed by atoms with Gasteiger partial charge in [0.15, 0.2) is 23.9 Å². The van der Waals surface area contributed by atoms with Gasteiger partial charge in [-0.2, -0.15) is 5.10 Å². The third-order valence-electron chi connectivity index (χ3n) is 6.38. The molecule has 1 N–H and O–H groups in total. The molecule has 0 aromatic heterocycles. The molecule has 3 aromatic rings. The van der Waals surface area contributed by atoms with Gasteiger partial charge in [0.1, 0.15) is 0 Å². The molecule has 3 rings (SSSR count). The van der Waals surface area contributed by atoms with Gasteiger partial charge < -0.3 is 14.2 Å². The minimum Gasteiger partial charge on any atom is -0.493 e. The van der Waals surface area contributed by atoms with E-state index in [2.05, 4.69) is 31.3 Å². The number of carbonyl (C=O) groups is 2. The van der Waals surface area contributed by atoms with Crippen LogP contribution in [0.4, 0.5) is 11.4 Å². The fourth-order valence-electron chi connectivity index (χ4n) is 4.71. The number of nitrogens with one attached hydrogen (secondary N) is 1. The summed E-state index contributed by atoms with van der Waals surface area (Å²) >= 11 is 0. The predicted molar refractivity (Wildman–Crippen MR) is 162 cm³/mol. The average Bonchev–Trinajstić information content (AvgIpc) is 2.95. The number of ether oxygens (including phenoxy) is 3. The number of hydrazone groups is 1. The third kappa shape index (κ3) is 9.08. The molecular formula is C31H34N4O9. The lowest BCUT2D eigenvalue weighted by atomic mass is 9.72. The third-order valence-corrected chi connectivity index (χ3v) is 6.38. The van der Waals surface area contributed by atoms with E-state index in [-0.39, 0.29) is 45.0 Å². The molecule has 0 aliphatic heterocycles. The summed E-state index contributed by atoms with van der Waals surface area (Å²) in [5, 5.41) is 26.4. The van der Waals surface area contributed by atoms with Crippen molar-refractivity contribution in [2.75, 3.05) is 13.7 Å². The number of benzene rings is 3. The number of rotatable bonds is 12. The fourth-order valence-corrected chi connectivity index (χ4v) is 4.71. The Bertz CT molecular complexity index is 1580. The zero-order chi connectivity index (χ0) is 32.7. The topological polar surface area (TPSA) is 172 Å². The maximum absolute atomic E-state index is 12.5. The maximum Gasteiger partial charge on any atom is 0.343 e. The van der Waals surface area contributed by atoms with Gasteiger partial charge in [0.05, 0.1) is 28.7 Å². The lowest BCUT2D eigenvalue weighted by Gasteiger charge is -2.33. The Morgan fingerprint density at radius 1 is 0.886 bits per heavy atom. The van der Waals surface area contributed by atoms with Crippen molar-refractivity contribution in [3.8, 4) is 17.2 Å². The van der Waals surface area contributed by atoms with Crippen LogP contribution in [0, 0.1) is 25.6 Å². The Labute approximate surface area is 254 Å². The van der Waals surface area contributed by atoms with E-state index in [9.17, 15) is 29.8 Å². The number of hydrogen-bond acceptors (Lipinski definition) is 10. The minimum atomic E-state index is -0.740. The number of methoxy groups -OCH3 is 1. The van der Waals surface area contributed by atoms with E-state index in [0.717, 1.165) is 12.0 Å². The zero-order valence-electron chi connectivity index (χ0n) is 25.3. The van der Waals surface area contributed by atoms with Crippen LogP contribution < -0.4 is 19.6 Å². The van der Waals surface area contributed by atoms with Crippen molar-refractivity contribution >= 4 is 29.5 Å². The van der Waals surface area contributed by atoms with Crippen LogP contribution in [0.15, 0.2) is 65.8 Å². The van der Waals surface area contributed by atoms with Gasteiger partial charge in [-0.25, -0.2) is 10.2 Å². The highest BCUT2D eigenvalue weighted by molar-refractivity contribution is 5.92. The van der Waals surface area contributed by atoms with Crippen LogP contribution in [0.25, 0.3) is 0 Å². The summed E-state index contributed by atoms with van der Waals surface area (Å²) in [6.45, 7) is 9.87. The Morgan fingerprint density at radius 2 is 1.55 bits per heavy atom. The van der Waals surface area contributed by atoms with E-state index in [1.165, 1.54) is 61.9 Å². The highest BCUT2D eigenvalue weighted by atomic mass is 16.6. The molecule has 0 fully saturated rings. The van der Waals surface area contributed by atoms with E-state index in [4.69, 9.17) is 14.2 Å². The molecule has 0 unspecified atom stereocenters. The Hall–Kier alpha value is -5.33. The van der Waals surface area contributed by atoms with Gasteiger partial charge in [0, 0.05) is 18.2 Å². The normalized spacial score (nSPS) is 11.6. The summed E-state index contributed by atoms with van der Waals surface area (Å²) in [5.74, 6) is -1.13. The number of nitro groups is 2. The van der Waals surface area contributed by atoms with Crippen LogP contribution in [0.1, 0.15) is 62.5 Å². The van der Waals surface area contributed by atoms with Crippen molar-refractivity contribution in [1.29, 1.82) is 0 Å². The molecule has 0 aliphatic carbocycles. The second kappa shape index (κ2) is 13.8. The highest BCUT2D eigenvalue weighted by Gasteiger charge is 2.30. The van der Waals surface area contributed by atoms with Crippen LogP contribution in [0.3, 0.4) is 0 Å². The number of esters is 1. The Balaban J connectivity index is 1.61. The summed E-state index contributed by atoms with van der Waals surface area (Å²) < 4.78 is 16.1. The van der Waals surface area contributed by atoms with Crippen molar-refractivity contribution in [1.82, 2.24) is 5.43 Å². The molecule has 13 nitrogen and oxygen atoms in total. The Kier molecular flexibility index (Phi) is 10.4. The molecule has 0 radical (unpaired) electrons. The van der Waals surface area contributed by atoms with Crippen molar-refractivity contribution in [3.63, 3.8) is 0 Å². The second-order valence-electron chi connectivity index (χ2n) is 11.7. The molecule has 0 aliphatic rings. The standard InChI is InChI=1S/C31H34N4O9/c1-30(2,3)19-31(4,5)22-10-14-25(24(16-22)35(40)41)43-18-28(36)33-32-17-20-7-13-26(27(15-20)42-6)44-29(37)21-8-11-23(12-9-21)34(38)39/h7-17H,18-19H2,1-6H3,(H,33,36)/b32-17+. The van der Waals surface area contributed by atoms with Gasteiger partial charge in [-0.1, -0.05) is 40.7 Å². The lowest BCUT2D eigenvalue weighted by molar-refractivity contribution is -0.385. The van der Waals surface area contributed by atoms with Crippen molar-refractivity contribution in [2.45, 2.75) is 46.5 Å². The van der Waals surface area contributed by atoms with Crippen LogP contribution in [-0.4, -0.2) is 41.7 Å². The van der Waals surface area contributed by atoms with Gasteiger partial charge in [-0.05, 0) is 64.8 Å². The van der Waals surface area contributed by atoms with Crippen LogP contribution in [0.2, 0.25) is 0 Å². The summed E-state index contributed by atoms with van der Waals surface area (Å²) in [7, 11) is 1.37. The van der Waals surface area contributed by atoms with E-state index in [1.807, 2.05) is 13.8 Å². The average molecular weight is 607 g/mol. The number of nitro benzene ring substituents is 2. The van der Waals surface area contributed by atoms with E-state index in [0.29, 0.717) is 5.56 Å². The molecule has 3 aromatic carbocycles. The number of carbonyl (C=O) groups excluding carboxylic acids is 2. The minimum absolute atomic E-state index is 0.0171. The molecule has 0 heterocycles. The maximum atomic E-state index is 12.5. The zero-order valence-corrected chi connectivity index (χ0v) is 25.3. The summed E-state index contributed by atoms with van der Waals surface area (Å²) in [4.78, 5) is 46.2. The molecule has 0 saturated carbocycles. The first-order valence-electron chi connectivity index (χ1n) is 13.5. The van der Waals surface area contributed by atoms with E-state index in [1.54, 1.807) is 12.1 Å². The molecule has 0 bridgehead atoms. The van der Waals surface area contributed by atoms with Gasteiger partial charge in [-0.3, -0.25) is 25.0 Å². The summed E-state index contributed by atoms with van der Waals surface area (Å²) in [5.41, 5.74) is 2.99. The van der Waals surface area contributed by atoms with Crippen molar-refractivity contribution in [3.05, 3.63) is 97.6 Å². The first kappa shape index (κ1) is 33.2. The predicted octanol–water partition coefficient (Wildman–Crippen LogP) is 5.97. The van der Waals surface area contributed by atoms with Crippen LogP contribution in [0.5, 0.6) is 17.2 Å². The van der Waals surface area contributed by atoms with Crippen molar-refractivity contribution in [2.24, 2.45) is 10.5 Å². The molecule has 232 valence electrons. The van der Waals surface area contributed by atoms with Gasteiger partial charge >= 0.3 is 11.7 Å². The number of amides is 1. The Morgan fingerprint density at radius 3 is 2.14 bits per heavy atom. The lowest BCUT2D eigenvalue weighted by Crippen LogP contribution is -2.26. The quantitative estimate of drug-likeness (QED) is 0.0856. The molecule has 0 atom stereocenters. The molecular weight excluding hydrogens is 572 g/mol. The van der Waals surface area contributed by atoms with E-state index >= 15 is 0 Å². The first-order valence-corrected chi connectivity index (χ1v) is 13.5. The summed E-state index contributed by atoms with van der Waals surface area (Å²) in [6.07, 6.45) is 2.12. The fraction of sp³-hybridized carbons (Fsp3) is 0.323.